The summed E-state index contributed by atoms with van der Waals surface area (Å²) in [6, 6.07) is 4.93. The number of hydrogen-bond acceptors (Lipinski definition) is 5. The second kappa shape index (κ2) is 5.44. The van der Waals surface area contributed by atoms with Gasteiger partial charge in [0.2, 0.25) is 5.95 Å². The Kier molecular flexibility index (Phi) is 3.63. The third kappa shape index (κ3) is 2.90. The van der Waals surface area contributed by atoms with Crippen molar-refractivity contribution in [2.24, 2.45) is 0 Å². The first-order valence-corrected chi connectivity index (χ1v) is 7.41. The maximum Gasteiger partial charge on any atom is 0.245 e. The van der Waals surface area contributed by atoms with Gasteiger partial charge in [-0.3, -0.25) is 10.1 Å². The maximum absolute atomic E-state index is 4.66. The van der Waals surface area contributed by atoms with Crippen LogP contribution in [-0.4, -0.2) is 45.3 Å². The summed E-state index contributed by atoms with van der Waals surface area (Å²) in [5.41, 5.74) is 3.00. The van der Waals surface area contributed by atoms with Crippen molar-refractivity contribution in [3.63, 3.8) is 0 Å². The molecule has 2 unspecified atom stereocenters. The average molecular weight is 286 g/mol. The Bertz CT molecular complexity index is 625. The van der Waals surface area contributed by atoms with Gasteiger partial charge in [0.25, 0.3) is 0 Å². The van der Waals surface area contributed by atoms with E-state index in [2.05, 4.69) is 44.2 Å². The molecule has 2 atom stereocenters. The highest BCUT2D eigenvalue weighted by Crippen LogP contribution is 2.21. The Morgan fingerprint density at radius 1 is 1.10 bits per heavy atom. The summed E-state index contributed by atoms with van der Waals surface area (Å²) in [5.74, 6) is 1.55. The molecule has 2 N–H and O–H groups in total. The molecule has 3 heterocycles. The SMILES string of the molecule is Cc1ccc(-c2nc(N3CC(C)NC(C)C3)n[nH]2)c(C)n1. The molecule has 112 valence electrons. The van der Waals surface area contributed by atoms with E-state index in [4.69, 9.17) is 0 Å². The predicted octanol–water partition coefficient (Wildman–Crippen LogP) is 1.67. The van der Waals surface area contributed by atoms with Crippen molar-refractivity contribution in [3.8, 4) is 11.4 Å². The highest BCUT2D eigenvalue weighted by molar-refractivity contribution is 5.59. The number of aromatic nitrogens is 4. The molecule has 6 heteroatoms. The van der Waals surface area contributed by atoms with Gasteiger partial charge >= 0.3 is 0 Å². The zero-order valence-corrected chi connectivity index (χ0v) is 13.0. The van der Waals surface area contributed by atoms with E-state index in [0.29, 0.717) is 12.1 Å². The van der Waals surface area contributed by atoms with Gasteiger partial charge in [0.15, 0.2) is 5.82 Å². The molecular weight excluding hydrogens is 264 g/mol. The van der Waals surface area contributed by atoms with Crippen molar-refractivity contribution in [1.82, 2.24) is 25.5 Å². The number of rotatable bonds is 2. The fourth-order valence-corrected chi connectivity index (χ4v) is 2.94. The number of anilines is 1. The molecule has 6 nitrogen and oxygen atoms in total. The second-order valence-corrected chi connectivity index (χ2v) is 5.94. The van der Waals surface area contributed by atoms with Gasteiger partial charge in [0, 0.05) is 42.1 Å². The lowest BCUT2D eigenvalue weighted by Gasteiger charge is -2.35. The minimum atomic E-state index is 0.443. The lowest BCUT2D eigenvalue weighted by atomic mass is 10.1. The molecule has 0 aromatic carbocycles. The molecule has 2 aromatic rings. The van der Waals surface area contributed by atoms with Crippen LogP contribution in [0.1, 0.15) is 25.2 Å². The van der Waals surface area contributed by atoms with Crippen LogP contribution >= 0.6 is 0 Å². The van der Waals surface area contributed by atoms with Gasteiger partial charge in [0.1, 0.15) is 0 Å². The number of aromatic amines is 1. The third-order valence-corrected chi connectivity index (χ3v) is 3.79. The van der Waals surface area contributed by atoms with Crippen LogP contribution in [0.4, 0.5) is 5.95 Å². The number of nitrogens with zero attached hydrogens (tertiary/aromatic N) is 4. The van der Waals surface area contributed by atoms with E-state index in [9.17, 15) is 0 Å². The molecule has 1 aliphatic heterocycles. The molecule has 21 heavy (non-hydrogen) atoms. The van der Waals surface area contributed by atoms with Gasteiger partial charge in [-0.25, -0.2) is 0 Å². The first-order valence-electron chi connectivity index (χ1n) is 7.41. The summed E-state index contributed by atoms with van der Waals surface area (Å²) in [4.78, 5) is 11.4. The summed E-state index contributed by atoms with van der Waals surface area (Å²) in [7, 11) is 0. The number of hydrogen-bond donors (Lipinski definition) is 2. The van der Waals surface area contributed by atoms with E-state index in [1.807, 2.05) is 26.0 Å². The summed E-state index contributed by atoms with van der Waals surface area (Å²) in [5, 5.41) is 10.9. The fourth-order valence-electron chi connectivity index (χ4n) is 2.94. The lowest BCUT2D eigenvalue weighted by Crippen LogP contribution is -2.54. The summed E-state index contributed by atoms with van der Waals surface area (Å²) < 4.78 is 0. The highest BCUT2D eigenvalue weighted by atomic mass is 15.4. The van der Waals surface area contributed by atoms with Crippen LogP contribution in [0.5, 0.6) is 0 Å². The van der Waals surface area contributed by atoms with Crippen LogP contribution in [0.3, 0.4) is 0 Å². The van der Waals surface area contributed by atoms with Crippen molar-refractivity contribution in [2.75, 3.05) is 18.0 Å². The number of H-pyrrole nitrogens is 1. The Morgan fingerprint density at radius 2 is 1.81 bits per heavy atom. The van der Waals surface area contributed by atoms with E-state index in [1.165, 1.54) is 0 Å². The first kappa shape index (κ1) is 14.0. The molecular formula is C15H22N6. The van der Waals surface area contributed by atoms with E-state index in [0.717, 1.165) is 41.8 Å². The average Bonchev–Trinajstić information content (AvgIpc) is 2.87. The molecule has 0 amide bonds. The van der Waals surface area contributed by atoms with Crippen LogP contribution in [-0.2, 0) is 0 Å². The molecule has 0 aliphatic carbocycles. The zero-order valence-electron chi connectivity index (χ0n) is 13.0. The van der Waals surface area contributed by atoms with Crippen LogP contribution < -0.4 is 10.2 Å². The zero-order chi connectivity index (χ0) is 15.0. The van der Waals surface area contributed by atoms with Crippen LogP contribution in [0.15, 0.2) is 12.1 Å². The van der Waals surface area contributed by atoms with E-state index in [1.54, 1.807) is 0 Å². The van der Waals surface area contributed by atoms with Crippen LogP contribution in [0.2, 0.25) is 0 Å². The monoisotopic (exact) mass is 286 g/mol. The first-order chi connectivity index (χ1) is 10.0. The Labute approximate surface area is 125 Å². The van der Waals surface area contributed by atoms with Gasteiger partial charge in [0.05, 0.1) is 0 Å². The molecule has 0 spiro atoms. The predicted molar refractivity (Wildman–Crippen MR) is 83.4 cm³/mol. The number of aryl methyl sites for hydroxylation is 2. The van der Waals surface area contributed by atoms with Crippen molar-refractivity contribution < 1.29 is 0 Å². The number of piperazine rings is 1. The van der Waals surface area contributed by atoms with Gasteiger partial charge in [-0.05, 0) is 39.8 Å². The molecule has 0 bridgehead atoms. The highest BCUT2D eigenvalue weighted by Gasteiger charge is 2.24. The standard InChI is InChI=1S/C15H22N6/c1-9-5-6-13(12(4)17-9)14-18-15(20-19-14)21-7-10(2)16-11(3)8-21/h5-6,10-11,16H,7-8H2,1-4H3,(H,18,19,20). The minimum Gasteiger partial charge on any atom is -0.336 e. The molecule has 3 rings (SSSR count). The summed E-state index contributed by atoms with van der Waals surface area (Å²) >= 11 is 0. The van der Waals surface area contributed by atoms with Gasteiger partial charge < -0.3 is 10.2 Å². The minimum absolute atomic E-state index is 0.443. The lowest BCUT2D eigenvalue weighted by molar-refractivity contribution is 0.403. The molecule has 1 aliphatic rings. The largest absolute Gasteiger partial charge is 0.336 e. The summed E-state index contributed by atoms with van der Waals surface area (Å²) in [6.07, 6.45) is 0. The van der Waals surface area contributed by atoms with Gasteiger partial charge in [-0.1, -0.05) is 0 Å². The maximum atomic E-state index is 4.66. The quantitative estimate of drug-likeness (QED) is 0.879. The molecule has 1 saturated heterocycles. The summed E-state index contributed by atoms with van der Waals surface area (Å²) in [6.45, 7) is 10.2. The molecule has 2 aromatic heterocycles. The van der Waals surface area contributed by atoms with E-state index < -0.39 is 0 Å². The van der Waals surface area contributed by atoms with Crippen molar-refractivity contribution >= 4 is 5.95 Å². The second-order valence-electron chi connectivity index (χ2n) is 5.94. The molecule has 1 fully saturated rings. The third-order valence-electron chi connectivity index (χ3n) is 3.79. The van der Waals surface area contributed by atoms with Gasteiger partial charge in [-0.15, -0.1) is 5.10 Å². The van der Waals surface area contributed by atoms with E-state index in [-0.39, 0.29) is 0 Å². The topological polar surface area (TPSA) is 69.7 Å². The Morgan fingerprint density at radius 3 is 2.48 bits per heavy atom. The molecule has 0 saturated carbocycles. The number of pyridine rings is 1. The van der Waals surface area contributed by atoms with Gasteiger partial charge in [-0.2, -0.15) is 4.98 Å². The van der Waals surface area contributed by atoms with Crippen molar-refractivity contribution in [2.45, 2.75) is 39.8 Å². The molecule has 0 radical (unpaired) electrons. The van der Waals surface area contributed by atoms with E-state index >= 15 is 0 Å². The fraction of sp³-hybridized carbons (Fsp3) is 0.533. The van der Waals surface area contributed by atoms with Crippen LogP contribution in [0.25, 0.3) is 11.4 Å². The Balaban J connectivity index is 1.86. The van der Waals surface area contributed by atoms with Crippen molar-refractivity contribution in [3.05, 3.63) is 23.5 Å². The van der Waals surface area contributed by atoms with Crippen molar-refractivity contribution in [1.29, 1.82) is 0 Å². The van der Waals surface area contributed by atoms with Crippen LogP contribution in [0, 0.1) is 13.8 Å². The number of nitrogens with one attached hydrogen (secondary N) is 2. The normalized spacial score (nSPS) is 22.6. The smallest absolute Gasteiger partial charge is 0.245 e. The Hall–Kier alpha value is -1.95.